The van der Waals surface area contributed by atoms with E-state index in [4.69, 9.17) is 9.47 Å². The Bertz CT molecular complexity index is 599. The normalized spacial score (nSPS) is 10.7. The van der Waals surface area contributed by atoms with Crippen molar-refractivity contribution >= 4 is 15.9 Å². The minimum Gasteiger partial charge on any atom is -0.493 e. The van der Waals surface area contributed by atoms with Gasteiger partial charge in [0, 0.05) is 22.6 Å². The van der Waals surface area contributed by atoms with Gasteiger partial charge in [-0.25, -0.2) is 0 Å². The van der Waals surface area contributed by atoms with Crippen LogP contribution in [0.25, 0.3) is 0 Å². The van der Waals surface area contributed by atoms with Gasteiger partial charge in [0.25, 0.3) is 0 Å². The Morgan fingerprint density at radius 3 is 2.43 bits per heavy atom. The average molecular weight is 350 g/mol. The number of hydrogen-bond acceptors (Lipinski definition) is 3. The van der Waals surface area contributed by atoms with E-state index < -0.39 is 0 Å². The van der Waals surface area contributed by atoms with Crippen LogP contribution in [0.5, 0.6) is 17.2 Å². The van der Waals surface area contributed by atoms with Crippen molar-refractivity contribution in [1.29, 1.82) is 0 Å². The number of para-hydroxylation sites is 2. The molecule has 0 bridgehead atoms. The molecule has 0 heterocycles. The van der Waals surface area contributed by atoms with Gasteiger partial charge in [-0.2, -0.15) is 0 Å². The van der Waals surface area contributed by atoms with Gasteiger partial charge in [0.2, 0.25) is 0 Å². The van der Waals surface area contributed by atoms with Crippen LogP contribution in [0, 0.1) is 0 Å². The molecule has 2 aromatic rings. The number of ether oxygens (including phenoxy) is 2. The molecule has 0 aromatic heterocycles. The van der Waals surface area contributed by atoms with E-state index in [9.17, 15) is 0 Å². The van der Waals surface area contributed by atoms with Gasteiger partial charge >= 0.3 is 0 Å². The second-order valence-electron chi connectivity index (χ2n) is 5.04. The van der Waals surface area contributed by atoms with E-state index >= 15 is 0 Å². The molecular weight excluding hydrogens is 330 g/mol. The number of hydrogen-bond donors (Lipinski definition) is 1. The summed E-state index contributed by atoms with van der Waals surface area (Å²) in [6.07, 6.45) is 0. The first kappa shape index (κ1) is 15.9. The molecule has 0 radical (unpaired) electrons. The number of benzene rings is 2. The van der Waals surface area contributed by atoms with Crippen LogP contribution < -0.4 is 14.8 Å². The lowest BCUT2D eigenvalue weighted by atomic mass is 10.2. The molecule has 0 fully saturated rings. The molecule has 0 atom stereocenters. The summed E-state index contributed by atoms with van der Waals surface area (Å²) in [7, 11) is 1.64. The van der Waals surface area contributed by atoms with Gasteiger partial charge in [-0.15, -0.1) is 0 Å². The van der Waals surface area contributed by atoms with Crippen molar-refractivity contribution in [2.75, 3.05) is 7.11 Å². The molecule has 21 heavy (non-hydrogen) atoms. The van der Waals surface area contributed by atoms with Gasteiger partial charge in [0.05, 0.1) is 7.11 Å². The van der Waals surface area contributed by atoms with Crippen LogP contribution in [0.3, 0.4) is 0 Å². The lowest BCUT2D eigenvalue weighted by Gasteiger charge is -2.15. The third kappa shape index (κ3) is 4.48. The number of halogens is 1. The highest BCUT2D eigenvalue weighted by Gasteiger charge is 2.09. The Morgan fingerprint density at radius 1 is 1.05 bits per heavy atom. The second kappa shape index (κ2) is 7.48. The minimum absolute atomic E-state index is 0.420. The summed E-state index contributed by atoms with van der Waals surface area (Å²) >= 11 is 3.51. The maximum Gasteiger partial charge on any atom is 0.169 e. The van der Waals surface area contributed by atoms with Crippen LogP contribution in [-0.4, -0.2) is 13.2 Å². The summed E-state index contributed by atoms with van der Waals surface area (Å²) in [6, 6.07) is 14.1. The largest absolute Gasteiger partial charge is 0.493 e. The summed E-state index contributed by atoms with van der Waals surface area (Å²) in [5.74, 6) is 2.27. The molecule has 0 aliphatic carbocycles. The first-order chi connectivity index (χ1) is 10.1. The van der Waals surface area contributed by atoms with Crippen LogP contribution in [0.1, 0.15) is 19.4 Å². The van der Waals surface area contributed by atoms with Gasteiger partial charge in [-0.05, 0) is 30.3 Å². The zero-order chi connectivity index (χ0) is 15.2. The van der Waals surface area contributed by atoms with Gasteiger partial charge in [-0.3, -0.25) is 0 Å². The highest BCUT2D eigenvalue weighted by atomic mass is 79.9. The topological polar surface area (TPSA) is 30.5 Å². The molecule has 2 aromatic carbocycles. The van der Waals surface area contributed by atoms with Crippen LogP contribution in [0.15, 0.2) is 46.9 Å². The fraction of sp³-hybridized carbons (Fsp3) is 0.294. The fourth-order valence-electron chi connectivity index (χ4n) is 1.92. The fourth-order valence-corrected chi connectivity index (χ4v) is 2.33. The Balaban J connectivity index is 2.26. The van der Waals surface area contributed by atoms with E-state index in [-0.39, 0.29) is 0 Å². The number of rotatable bonds is 6. The molecular formula is C17H20BrNO2. The molecule has 2 rings (SSSR count). The van der Waals surface area contributed by atoms with E-state index in [0.29, 0.717) is 11.8 Å². The summed E-state index contributed by atoms with van der Waals surface area (Å²) in [5.41, 5.74) is 1.10. The van der Waals surface area contributed by atoms with E-state index in [2.05, 4.69) is 41.2 Å². The van der Waals surface area contributed by atoms with E-state index in [1.54, 1.807) is 7.11 Å². The second-order valence-corrected chi connectivity index (χ2v) is 5.96. The van der Waals surface area contributed by atoms with Crippen molar-refractivity contribution in [2.24, 2.45) is 0 Å². The van der Waals surface area contributed by atoms with E-state index in [0.717, 1.165) is 28.1 Å². The molecule has 1 N–H and O–H groups in total. The predicted molar refractivity (Wildman–Crippen MR) is 89.2 cm³/mol. The Kier molecular flexibility index (Phi) is 5.65. The average Bonchev–Trinajstić information content (AvgIpc) is 2.48. The molecule has 3 nitrogen and oxygen atoms in total. The zero-order valence-electron chi connectivity index (χ0n) is 12.5. The highest BCUT2D eigenvalue weighted by molar-refractivity contribution is 9.10. The zero-order valence-corrected chi connectivity index (χ0v) is 14.1. The molecule has 0 saturated heterocycles. The standard InChI is InChI=1S/C17H20BrNO2/c1-12(2)19-11-13-10-14(18)8-9-15(13)21-17-7-5-4-6-16(17)20-3/h4-10,12,19H,11H2,1-3H3. The maximum atomic E-state index is 6.03. The molecule has 0 aliphatic rings. The van der Waals surface area contributed by atoms with Crippen molar-refractivity contribution in [3.05, 3.63) is 52.5 Å². The van der Waals surface area contributed by atoms with Crippen molar-refractivity contribution in [3.63, 3.8) is 0 Å². The number of methoxy groups -OCH3 is 1. The Morgan fingerprint density at radius 2 is 1.76 bits per heavy atom. The maximum absolute atomic E-state index is 6.03. The summed E-state index contributed by atoms with van der Waals surface area (Å²) in [6.45, 7) is 5.00. The van der Waals surface area contributed by atoms with Gasteiger partial charge in [0.15, 0.2) is 11.5 Å². The van der Waals surface area contributed by atoms with Gasteiger partial charge in [0.1, 0.15) is 5.75 Å². The first-order valence-electron chi connectivity index (χ1n) is 6.93. The van der Waals surface area contributed by atoms with Gasteiger partial charge < -0.3 is 14.8 Å². The third-order valence-electron chi connectivity index (χ3n) is 3.01. The Labute approximate surface area is 134 Å². The summed E-state index contributed by atoms with van der Waals surface area (Å²) < 4.78 is 12.4. The molecule has 0 amide bonds. The molecule has 0 unspecified atom stereocenters. The molecule has 0 saturated carbocycles. The summed E-state index contributed by atoms with van der Waals surface area (Å²) in [4.78, 5) is 0. The predicted octanol–water partition coefficient (Wildman–Crippen LogP) is 4.75. The van der Waals surface area contributed by atoms with Crippen LogP contribution in [0.4, 0.5) is 0 Å². The van der Waals surface area contributed by atoms with E-state index in [1.165, 1.54) is 0 Å². The van der Waals surface area contributed by atoms with Crippen molar-refractivity contribution in [3.8, 4) is 17.2 Å². The SMILES string of the molecule is COc1ccccc1Oc1ccc(Br)cc1CNC(C)C. The Hall–Kier alpha value is -1.52. The van der Waals surface area contributed by atoms with Crippen LogP contribution >= 0.6 is 15.9 Å². The molecule has 4 heteroatoms. The van der Waals surface area contributed by atoms with Gasteiger partial charge in [-0.1, -0.05) is 41.9 Å². The van der Waals surface area contributed by atoms with Crippen molar-refractivity contribution < 1.29 is 9.47 Å². The number of nitrogens with one attached hydrogen (secondary N) is 1. The monoisotopic (exact) mass is 349 g/mol. The summed E-state index contributed by atoms with van der Waals surface area (Å²) in [5, 5.41) is 3.41. The molecule has 0 spiro atoms. The quantitative estimate of drug-likeness (QED) is 0.816. The highest BCUT2D eigenvalue weighted by Crippen LogP contribution is 2.33. The lowest BCUT2D eigenvalue weighted by Crippen LogP contribution is -2.22. The third-order valence-corrected chi connectivity index (χ3v) is 3.51. The first-order valence-corrected chi connectivity index (χ1v) is 7.72. The lowest BCUT2D eigenvalue weighted by molar-refractivity contribution is 0.377. The molecule has 112 valence electrons. The van der Waals surface area contributed by atoms with Crippen LogP contribution in [-0.2, 0) is 6.54 Å². The van der Waals surface area contributed by atoms with Crippen molar-refractivity contribution in [2.45, 2.75) is 26.4 Å². The molecule has 0 aliphatic heterocycles. The van der Waals surface area contributed by atoms with Crippen LogP contribution in [0.2, 0.25) is 0 Å². The minimum atomic E-state index is 0.420. The van der Waals surface area contributed by atoms with Crippen molar-refractivity contribution in [1.82, 2.24) is 5.32 Å². The smallest absolute Gasteiger partial charge is 0.169 e. The van der Waals surface area contributed by atoms with E-state index in [1.807, 2.05) is 36.4 Å².